The summed E-state index contributed by atoms with van der Waals surface area (Å²) in [5, 5.41) is 8.87. The molecule has 1 aliphatic carbocycles. The van der Waals surface area contributed by atoms with Gasteiger partial charge in [-0.05, 0) is 24.8 Å². The highest BCUT2D eigenvalue weighted by Gasteiger charge is 2.34. The number of carboxylic acids is 1. The van der Waals surface area contributed by atoms with Crippen molar-refractivity contribution < 1.29 is 19.4 Å². The Labute approximate surface area is 106 Å². The Morgan fingerprint density at radius 2 is 1.83 bits per heavy atom. The largest absolute Gasteiger partial charge is 0.481 e. The quantitative estimate of drug-likeness (QED) is 0.830. The molecule has 1 aliphatic rings. The van der Waals surface area contributed by atoms with Crippen LogP contribution in [0.4, 0.5) is 0 Å². The van der Waals surface area contributed by atoms with Crippen molar-refractivity contribution in [2.75, 3.05) is 0 Å². The van der Waals surface area contributed by atoms with Crippen molar-refractivity contribution in [1.29, 1.82) is 0 Å². The molecule has 1 fully saturated rings. The summed E-state index contributed by atoms with van der Waals surface area (Å²) >= 11 is 0. The average molecular weight is 248 g/mol. The van der Waals surface area contributed by atoms with E-state index >= 15 is 0 Å². The summed E-state index contributed by atoms with van der Waals surface area (Å²) in [5.74, 6) is -1.73. The maximum atomic E-state index is 11.8. The van der Waals surface area contributed by atoms with E-state index < -0.39 is 5.97 Å². The van der Waals surface area contributed by atoms with E-state index in [0.29, 0.717) is 19.3 Å². The van der Waals surface area contributed by atoms with Gasteiger partial charge >= 0.3 is 11.9 Å². The van der Waals surface area contributed by atoms with Gasteiger partial charge in [-0.2, -0.15) is 0 Å². The van der Waals surface area contributed by atoms with Crippen LogP contribution in [-0.4, -0.2) is 17.0 Å². The van der Waals surface area contributed by atoms with Crippen LogP contribution in [0.3, 0.4) is 0 Å². The number of carboxylic acid groups (broad SMARTS) is 1. The van der Waals surface area contributed by atoms with Gasteiger partial charge in [-0.1, -0.05) is 30.3 Å². The van der Waals surface area contributed by atoms with Crippen LogP contribution in [0.1, 0.15) is 24.8 Å². The standard InChI is InChI=1S/C14H16O4/c15-13(16)11-6-7-12(8-11)14(17)18-9-10-4-2-1-3-5-10/h1-5,11-12H,6-9H2,(H,15,16)/t11-,12+/m1/s1. The number of carbonyl (C=O) groups excluding carboxylic acids is 1. The molecule has 0 aliphatic heterocycles. The van der Waals surface area contributed by atoms with E-state index in [1.165, 1.54) is 0 Å². The minimum absolute atomic E-state index is 0.255. The number of hydrogen-bond acceptors (Lipinski definition) is 3. The van der Waals surface area contributed by atoms with Crippen LogP contribution in [0.15, 0.2) is 30.3 Å². The van der Waals surface area contributed by atoms with Crippen molar-refractivity contribution in [2.24, 2.45) is 11.8 Å². The summed E-state index contributed by atoms with van der Waals surface area (Å²) in [6.45, 7) is 0.258. The number of rotatable bonds is 4. The molecule has 2 atom stereocenters. The zero-order valence-corrected chi connectivity index (χ0v) is 10.0. The molecule has 0 unspecified atom stereocenters. The average Bonchev–Trinajstić information content (AvgIpc) is 2.87. The molecule has 1 saturated carbocycles. The predicted octanol–water partition coefficient (Wildman–Crippen LogP) is 2.23. The Kier molecular flexibility index (Phi) is 3.97. The van der Waals surface area contributed by atoms with Gasteiger partial charge in [0.05, 0.1) is 11.8 Å². The first-order chi connectivity index (χ1) is 8.66. The zero-order chi connectivity index (χ0) is 13.0. The fraction of sp³-hybridized carbons (Fsp3) is 0.429. The second-order valence-electron chi connectivity index (χ2n) is 4.64. The van der Waals surface area contributed by atoms with Gasteiger partial charge in [-0.25, -0.2) is 0 Å². The van der Waals surface area contributed by atoms with Gasteiger partial charge in [0, 0.05) is 0 Å². The molecule has 0 spiro atoms. The summed E-state index contributed by atoms with van der Waals surface area (Å²) in [5.41, 5.74) is 0.943. The monoisotopic (exact) mass is 248 g/mol. The zero-order valence-electron chi connectivity index (χ0n) is 10.0. The summed E-state index contributed by atoms with van der Waals surface area (Å²) in [7, 11) is 0. The Morgan fingerprint density at radius 1 is 1.17 bits per heavy atom. The lowest BCUT2D eigenvalue weighted by Gasteiger charge is -2.10. The van der Waals surface area contributed by atoms with Crippen LogP contribution in [0.2, 0.25) is 0 Å². The van der Waals surface area contributed by atoms with Crippen LogP contribution < -0.4 is 0 Å². The third-order valence-electron chi connectivity index (χ3n) is 3.34. The molecule has 0 amide bonds. The van der Waals surface area contributed by atoms with Crippen LogP contribution in [0.25, 0.3) is 0 Å². The molecule has 96 valence electrons. The topological polar surface area (TPSA) is 63.6 Å². The predicted molar refractivity (Wildman–Crippen MR) is 64.7 cm³/mol. The number of benzene rings is 1. The van der Waals surface area contributed by atoms with Crippen molar-refractivity contribution in [3.63, 3.8) is 0 Å². The Hall–Kier alpha value is -1.84. The SMILES string of the molecule is O=C(O)[C@@H]1CC[C@H](C(=O)OCc2ccccc2)C1. The number of ether oxygens (including phenoxy) is 1. The van der Waals surface area contributed by atoms with E-state index in [2.05, 4.69) is 0 Å². The van der Waals surface area contributed by atoms with E-state index in [9.17, 15) is 9.59 Å². The van der Waals surface area contributed by atoms with Gasteiger partial charge in [0.25, 0.3) is 0 Å². The summed E-state index contributed by atoms with van der Waals surface area (Å²) in [4.78, 5) is 22.6. The highest BCUT2D eigenvalue weighted by atomic mass is 16.5. The maximum Gasteiger partial charge on any atom is 0.309 e. The van der Waals surface area contributed by atoms with E-state index in [4.69, 9.17) is 9.84 Å². The second kappa shape index (κ2) is 5.67. The molecule has 1 N–H and O–H groups in total. The first-order valence-corrected chi connectivity index (χ1v) is 6.10. The van der Waals surface area contributed by atoms with Gasteiger partial charge in [-0.3, -0.25) is 9.59 Å². The van der Waals surface area contributed by atoms with E-state index in [1.54, 1.807) is 0 Å². The Bertz CT molecular complexity index is 427. The van der Waals surface area contributed by atoms with Gasteiger partial charge < -0.3 is 9.84 Å². The smallest absolute Gasteiger partial charge is 0.309 e. The van der Waals surface area contributed by atoms with Crippen LogP contribution >= 0.6 is 0 Å². The minimum Gasteiger partial charge on any atom is -0.481 e. The molecule has 1 aromatic carbocycles. The number of hydrogen-bond donors (Lipinski definition) is 1. The first-order valence-electron chi connectivity index (χ1n) is 6.10. The Morgan fingerprint density at radius 3 is 2.44 bits per heavy atom. The van der Waals surface area contributed by atoms with Crippen molar-refractivity contribution >= 4 is 11.9 Å². The van der Waals surface area contributed by atoms with E-state index in [1.807, 2.05) is 30.3 Å². The number of carbonyl (C=O) groups is 2. The van der Waals surface area contributed by atoms with Crippen LogP contribution in [-0.2, 0) is 20.9 Å². The molecule has 1 aromatic rings. The fourth-order valence-corrected chi connectivity index (χ4v) is 2.27. The van der Waals surface area contributed by atoms with Gasteiger partial charge in [0.1, 0.15) is 6.61 Å². The van der Waals surface area contributed by atoms with Gasteiger partial charge in [-0.15, -0.1) is 0 Å². The molecular weight excluding hydrogens is 232 g/mol. The molecule has 2 rings (SSSR count). The third-order valence-corrected chi connectivity index (χ3v) is 3.34. The normalized spacial score (nSPS) is 22.7. The van der Waals surface area contributed by atoms with Gasteiger partial charge in [0.2, 0.25) is 0 Å². The summed E-state index contributed by atoms with van der Waals surface area (Å²) in [6, 6.07) is 9.46. The lowest BCUT2D eigenvalue weighted by Crippen LogP contribution is -2.17. The molecule has 0 saturated heterocycles. The van der Waals surface area contributed by atoms with Crippen molar-refractivity contribution in [1.82, 2.24) is 0 Å². The second-order valence-corrected chi connectivity index (χ2v) is 4.64. The molecule has 18 heavy (non-hydrogen) atoms. The van der Waals surface area contributed by atoms with Crippen molar-refractivity contribution in [3.05, 3.63) is 35.9 Å². The van der Waals surface area contributed by atoms with E-state index in [-0.39, 0.29) is 24.4 Å². The number of aliphatic carboxylic acids is 1. The molecular formula is C14H16O4. The Balaban J connectivity index is 1.81. The highest BCUT2D eigenvalue weighted by molar-refractivity contribution is 5.76. The summed E-state index contributed by atoms with van der Waals surface area (Å²) in [6.07, 6.45) is 1.59. The minimum atomic E-state index is -0.812. The lowest BCUT2D eigenvalue weighted by molar-refractivity contribution is -0.150. The highest BCUT2D eigenvalue weighted by Crippen LogP contribution is 2.32. The van der Waals surface area contributed by atoms with Crippen molar-refractivity contribution in [3.8, 4) is 0 Å². The third kappa shape index (κ3) is 3.09. The van der Waals surface area contributed by atoms with Crippen molar-refractivity contribution in [2.45, 2.75) is 25.9 Å². The first kappa shape index (κ1) is 12.6. The molecule has 0 aromatic heterocycles. The fourth-order valence-electron chi connectivity index (χ4n) is 2.27. The molecule has 0 heterocycles. The van der Waals surface area contributed by atoms with Crippen LogP contribution in [0.5, 0.6) is 0 Å². The lowest BCUT2D eigenvalue weighted by atomic mass is 10.1. The molecule has 0 radical (unpaired) electrons. The maximum absolute atomic E-state index is 11.8. The van der Waals surface area contributed by atoms with Gasteiger partial charge in [0.15, 0.2) is 0 Å². The van der Waals surface area contributed by atoms with E-state index in [0.717, 1.165) is 5.56 Å². The molecule has 4 heteroatoms. The summed E-state index contributed by atoms with van der Waals surface area (Å²) < 4.78 is 5.21. The molecule has 0 bridgehead atoms. The van der Waals surface area contributed by atoms with Crippen LogP contribution in [0, 0.1) is 11.8 Å². The number of esters is 1. The molecule has 4 nitrogen and oxygen atoms in total.